The van der Waals surface area contributed by atoms with Crippen LogP contribution in [0.3, 0.4) is 0 Å². The predicted molar refractivity (Wildman–Crippen MR) is 135 cm³/mol. The molecule has 9 nitrogen and oxygen atoms in total. The van der Waals surface area contributed by atoms with Crippen molar-refractivity contribution in [3.05, 3.63) is 24.3 Å². The molecule has 0 aromatic heterocycles. The summed E-state index contributed by atoms with van der Waals surface area (Å²) in [5, 5.41) is 31.3. The molecule has 0 amide bonds. The highest BCUT2D eigenvalue weighted by molar-refractivity contribution is 5.77. The Kier molecular flexibility index (Phi) is 8.96. The van der Waals surface area contributed by atoms with Crippen LogP contribution in [0.2, 0.25) is 0 Å². The summed E-state index contributed by atoms with van der Waals surface area (Å²) in [5.41, 5.74) is -1.19. The van der Waals surface area contributed by atoms with Gasteiger partial charge in [-0.05, 0) is 57.8 Å². The number of methoxy groups -OCH3 is 1. The lowest BCUT2D eigenvalue weighted by Crippen LogP contribution is -2.61. The summed E-state index contributed by atoms with van der Waals surface area (Å²) in [6.45, 7) is 12.6. The molecular formula is C28H44O9. The first-order valence-electron chi connectivity index (χ1n) is 13.1. The van der Waals surface area contributed by atoms with Crippen LogP contribution in [0, 0.1) is 22.7 Å². The largest absolute Gasteiger partial charge is 0.469 e. The van der Waals surface area contributed by atoms with E-state index in [4.69, 9.17) is 18.9 Å². The maximum absolute atomic E-state index is 13.3. The van der Waals surface area contributed by atoms with Gasteiger partial charge in [-0.2, -0.15) is 0 Å². The average Bonchev–Trinajstić information content (AvgIpc) is 2.82. The molecule has 0 radical (unpaired) electrons. The summed E-state index contributed by atoms with van der Waals surface area (Å²) in [6.07, 6.45) is 1.44. The topological polar surface area (TPSA) is 132 Å². The highest BCUT2D eigenvalue weighted by atomic mass is 16.7. The van der Waals surface area contributed by atoms with Gasteiger partial charge in [-0.15, -0.1) is 6.58 Å². The summed E-state index contributed by atoms with van der Waals surface area (Å²) in [7, 11) is 1.39. The number of allylic oxidation sites excluding steroid dienone is 1. The number of hydrogen-bond donors (Lipinski definition) is 3. The molecule has 0 aromatic carbocycles. The maximum Gasteiger partial charge on any atom is 0.311 e. The molecule has 2 fully saturated rings. The Labute approximate surface area is 219 Å². The van der Waals surface area contributed by atoms with E-state index in [2.05, 4.69) is 13.5 Å². The Morgan fingerprint density at radius 3 is 2.57 bits per heavy atom. The third kappa shape index (κ3) is 5.81. The summed E-state index contributed by atoms with van der Waals surface area (Å²) >= 11 is 0. The highest BCUT2D eigenvalue weighted by Gasteiger charge is 2.61. The minimum absolute atomic E-state index is 0.0667. The van der Waals surface area contributed by atoms with Gasteiger partial charge in [0.1, 0.15) is 12.2 Å². The van der Waals surface area contributed by atoms with E-state index in [9.17, 15) is 24.9 Å². The number of carbonyl (C=O) groups is 2. The number of ether oxygens (including phenoxy) is 4. The summed E-state index contributed by atoms with van der Waals surface area (Å²) in [6, 6.07) is 0. The molecule has 0 unspecified atom stereocenters. The summed E-state index contributed by atoms with van der Waals surface area (Å²) in [5.74, 6) is -1.22. The number of carbonyl (C=O) groups excluding carboxylic acids is 2. The van der Waals surface area contributed by atoms with Gasteiger partial charge in [0.05, 0.1) is 30.8 Å². The second kappa shape index (κ2) is 11.1. The molecule has 3 rings (SSSR count). The van der Waals surface area contributed by atoms with Crippen LogP contribution in [0.15, 0.2) is 24.3 Å². The summed E-state index contributed by atoms with van der Waals surface area (Å²) in [4.78, 5) is 25.0. The van der Waals surface area contributed by atoms with Crippen molar-refractivity contribution >= 4 is 11.9 Å². The lowest BCUT2D eigenvalue weighted by Gasteiger charge is -2.59. The van der Waals surface area contributed by atoms with Crippen LogP contribution in [0.1, 0.15) is 66.7 Å². The fourth-order valence-corrected chi connectivity index (χ4v) is 7.03. The fraction of sp³-hybridized carbons (Fsp3) is 0.786. The van der Waals surface area contributed by atoms with Crippen molar-refractivity contribution in [1.29, 1.82) is 0 Å². The van der Waals surface area contributed by atoms with Gasteiger partial charge >= 0.3 is 11.9 Å². The highest BCUT2D eigenvalue weighted by Crippen LogP contribution is 2.62. The van der Waals surface area contributed by atoms with Crippen molar-refractivity contribution in [2.45, 2.75) is 103 Å². The van der Waals surface area contributed by atoms with Gasteiger partial charge in [0.15, 0.2) is 12.4 Å². The zero-order chi connectivity index (χ0) is 27.8. The van der Waals surface area contributed by atoms with E-state index in [1.165, 1.54) is 14.0 Å². The van der Waals surface area contributed by atoms with Crippen molar-refractivity contribution in [3.8, 4) is 0 Å². The van der Waals surface area contributed by atoms with Gasteiger partial charge in [-0.1, -0.05) is 31.1 Å². The lowest BCUT2D eigenvalue weighted by atomic mass is 9.46. The number of aliphatic hydroxyl groups excluding tert-OH is 2. The third-order valence-corrected chi connectivity index (χ3v) is 8.96. The number of esters is 2. The minimum atomic E-state index is -1.38. The van der Waals surface area contributed by atoms with E-state index in [1.807, 2.05) is 19.9 Å². The number of aliphatic hydroxyl groups is 3. The molecule has 9 heteroatoms. The standard InChI is InChI=1S/C28H44O9/c1-8-26(4,33)13-10-18-16(2)14-20(23-27(18,5)11-9-12-28(23,6)25(32)34-7)37-24-22(36-17(3)29)21(31)19(30)15-35-24/h8,14,18-24,30-31,33H,1,9-13,15H2,2-7H3/t18-,19+,20-,21-,22+,23+,24-,26-,27+,28+/m0/s1. The third-order valence-electron chi connectivity index (χ3n) is 8.96. The van der Waals surface area contributed by atoms with E-state index < -0.39 is 47.7 Å². The molecule has 1 aliphatic heterocycles. The zero-order valence-corrected chi connectivity index (χ0v) is 22.9. The normalized spacial score (nSPS) is 41.5. The molecule has 2 aliphatic carbocycles. The smallest absolute Gasteiger partial charge is 0.311 e. The Hall–Kier alpha value is -1.78. The van der Waals surface area contributed by atoms with E-state index in [-0.39, 0.29) is 29.8 Å². The number of rotatable bonds is 8. The first kappa shape index (κ1) is 29.8. The van der Waals surface area contributed by atoms with Crippen LogP contribution in [-0.2, 0) is 28.5 Å². The van der Waals surface area contributed by atoms with Crippen LogP contribution in [0.5, 0.6) is 0 Å². The molecule has 1 heterocycles. The van der Waals surface area contributed by atoms with Crippen molar-refractivity contribution < 1.29 is 43.9 Å². The van der Waals surface area contributed by atoms with E-state index in [1.54, 1.807) is 13.0 Å². The van der Waals surface area contributed by atoms with Crippen LogP contribution < -0.4 is 0 Å². The molecule has 0 bridgehead atoms. The fourth-order valence-electron chi connectivity index (χ4n) is 7.03. The molecule has 3 aliphatic rings. The maximum atomic E-state index is 13.3. The monoisotopic (exact) mass is 524 g/mol. The molecule has 37 heavy (non-hydrogen) atoms. The molecule has 3 N–H and O–H groups in total. The first-order valence-corrected chi connectivity index (χ1v) is 13.1. The van der Waals surface area contributed by atoms with Gasteiger partial charge in [0.2, 0.25) is 0 Å². The summed E-state index contributed by atoms with van der Waals surface area (Å²) < 4.78 is 22.7. The van der Waals surface area contributed by atoms with E-state index in [0.29, 0.717) is 19.3 Å². The second-order valence-corrected chi connectivity index (χ2v) is 11.7. The number of fused-ring (bicyclic) bond motifs is 1. The minimum Gasteiger partial charge on any atom is -0.469 e. The lowest BCUT2D eigenvalue weighted by molar-refractivity contribution is -0.296. The van der Waals surface area contributed by atoms with Crippen molar-refractivity contribution in [2.24, 2.45) is 22.7 Å². The zero-order valence-electron chi connectivity index (χ0n) is 22.9. The van der Waals surface area contributed by atoms with Crippen LogP contribution in [0.4, 0.5) is 0 Å². The Bertz CT molecular complexity index is 898. The second-order valence-electron chi connectivity index (χ2n) is 11.7. The van der Waals surface area contributed by atoms with Crippen LogP contribution in [0.25, 0.3) is 0 Å². The molecule has 1 saturated heterocycles. The van der Waals surface area contributed by atoms with Gasteiger partial charge < -0.3 is 34.3 Å². The molecule has 1 saturated carbocycles. The molecule has 0 spiro atoms. The van der Waals surface area contributed by atoms with Gasteiger partial charge in [0.25, 0.3) is 0 Å². The van der Waals surface area contributed by atoms with E-state index >= 15 is 0 Å². The average molecular weight is 525 g/mol. The van der Waals surface area contributed by atoms with E-state index in [0.717, 1.165) is 18.4 Å². The van der Waals surface area contributed by atoms with Crippen molar-refractivity contribution in [3.63, 3.8) is 0 Å². The van der Waals surface area contributed by atoms with Crippen LogP contribution in [-0.4, -0.2) is 77.3 Å². The number of hydrogen-bond acceptors (Lipinski definition) is 9. The van der Waals surface area contributed by atoms with Crippen LogP contribution >= 0.6 is 0 Å². The Morgan fingerprint density at radius 1 is 1.30 bits per heavy atom. The Morgan fingerprint density at radius 2 is 1.97 bits per heavy atom. The predicted octanol–water partition coefficient (Wildman–Crippen LogP) is 2.66. The molecule has 210 valence electrons. The first-order chi connectivity index (χ1) is 17.2. The van der Waals surface area contributed by atoms with Gasteiger partial charge in [0, 0.05) is 12.8 Å². The molecular weight excluding hydrogens is 480 g/mol. The van der Waals surface area contributed by atoms with Crippen molar-refractivity contribution in [2.75, 3.05) is 13.7 Å². The molecule has 0 aromatic rings. The van der Waals surface area contributed by atoms with Gasteiger partial charge in [-0.25, -0.2) is 0 Å². The SMILES string of the molecule is C=C[C@](C)(O)CC[C@H]1C(C)=C[C@H](O[C@@H]2OC[C@@H](O)[C@H](O)[C@H]2OC(C)=O)[C@@H]2[C@]1(C)CCC[C@@]2(C)C(=O)OC. The quantitative estimate of drug-likeness (QED) is 0.324. The van der Waals surface area contributed by atoms with Gasteiger partial charge in [-0.3, -0.25) is 9.59 Å². The Balaban J connectivity index is 2.04. The van der Waals surface area contributed by atoms with Crippen molar-refractivity contribution in [1.82, 2.24) is 0 Å². The molecule has 10 atom stereocenters.